The minimum Gasteiger partial charge on any atom is -0.345 e. The SMILES string of the molecule is CCNS(=O)(=O)c1ccc(C)c(C(=O)N(C)C)c1. The molecule has 0 fully saturated rings. The molecule has 0 aromatic heterocycles. The first kappa shape index (κ1) is 14.7. The first-order valence-electron chi connectivity index (χ1n) is 5.61. The highest BCUT2D eigenvalue weighted by atomic mass is 32.2. The smallest absolute Gasteiger partial charge is 0.253 e. The lowest BCUT2D eigenvalue weighted by molar-refractivity contribution is 0.0826. The molecule has 100 valence electrons. The average molecular weight is 270 g/mol. The molecule has 6 heteroatoms. The maximum absolute atomic E-state index is 11.9. The second kappa shape index (κ2) is 5.49. The van der Waals surface area contributed by atoms with Crippen molar-refractivity contribution in [2.24, 2.45) is 0 Å². The number of benzene rings is 1. The molecular formula is C12H18N2O3S. The van der Waals surface area contributed by atoms with E-state index in [0.29, 0.717) is 12.1 Å². The Balaban J connectivity index is 3.29. The molecular weight excluding hydrogens is 252 g/mol. The molecule has 0 saturated carbocycles. The minimum absolute atomic E-state index is 0.111. The second-order valence-corrected chi connectivity index (χ2v) is 5.94. The molecule has 0 spiro atoms. The number of amides is 1. The van der Waals surface area contributed by atoms with Crippen LogP contribution in [0.25, 0.3) is 0 Å². The zero-order valence-electron chi connectivity index (χ0n) is 11.0. The van der Waals surface area contributed by atoms with Gasteiger partial charge in [-0.2, -0.15) is 0 Å². The number of hydrogen-bond donors (Lipinski definition) is 1. The topological polar surface area (TPSA) is 66.5 Å². The van der Waals surface area contributed by atoms with Crippen LogP contribution < -0.4 is 4.72 Å². The Hall–Kier alpha value is -1.40. The summed E-state index contributed by atoms with van der Waals surface area (Å²) < 4.78 is 26.1. The van der Waals surface area contributed by atoms with Gasteiger partial charge < -0.3 is 4.90 Å². The molecule has 1 aromatic rings. The Kier molecular flexibility index (Phi) is 4.48. The molecule has 0 unspecified atom stereocenters. The Bertz CT molecular complexity index is 550. The first-order chi connectivity index (χ1) is 8.29. The Morgan fingerprint density at radius 2 is 1.94 bits per heavy atom. The van der Waals surface area contributed by atoms with E-state index in [4.69, 9.17) is 0 Å². The average Bonchev–Trinajstić information content (AvgIpc) is 2.28. The number of carbonyl (C=O) groups is 1. The largest absolute Gasteiger partial charge is 0.345 e. The highest BCUT2D eigenvalue weighted by Gasteiger charge is 2.17. The van der Waals surface area contributed by atoms with Crippen LogP contribution >= 0.6 is 0 Å². The van der Waals surface area contributed by atoms with E-state index < -0.39 is 10.0 Å². The maximum atomic E-state index is 11.9. The van der Waals surface area contributed by atoms with Crippen LogP contribution in [-0.4, -0.2) is 39.9 Å². The zero-order chi connectivity index (χ0) is 13.9. The van der Waals surface area contributed by atoms with Gasteiger partial charge in [0, 0.05) is 26.2 Å². The zero-order valence-corrected chi connectivity index (χ0v) is 11.8. The van der Waals surface area contributed by atoms with Crippen molar-refractivity contribution in [1.29, 1.82) is 0 Å². The highest BCUT2D eigenvalue weighted by molar-refractivity contribution is 7.89. The number of sulfonamides is 1. The Morgan fingerprint density at radius 1 is 1.33 bits per heavy atom. The number of aryl methyl sites for hydroxylation is 1. The molecule has 1 rings (SSSR count). The van der Waals surface area contributed by atoms with Crippen molar-refractivity contribution >= 4 is 15.9 Å². The van der Waals surface area contributed by atoms with Gasteiger partial charge in [-0.3, -0.25) is 4.79 Å². The molecule has 1 N–H and O–H groups in total. The van der Waals surface area contributed by atoms with Gasteiger partial charge in [0.1, 0.15) is 0 Å². The van der Waals surface area contributed by atoms with E-state index in [9.17, 15) is 13.2 Å². The summed E-state index contributed by atoms with van der Waals surface area (Å²) in [5.74, 6) is -0.207. The molecule has 0 atom stereocenters. The second-order valence-electron chi connectivity index (χ2n) is 4.18. The maximum Gasteiger partial charge on any atom is 0.253 e. The molecule has 18 heavy (non-hydrogen) atoms. The number of hydrogen-bond acceptors (Lipinski definition) is 3. The van der Waals surface area contributed by atoms with Gasteiger partial charge in [-0.1, -0.05) is 13.0 Å². The van der Waals surface area contributed by atoms with Gasteiger partial charge in [0.05, 0.1) is 4.90 Å². The summed E-state index contributed by atoms with van der Waals surface area (Å²) in [6.07, 6.45) is 0. The third-order valence-electron chi connectivity index (χ3n) is 2.49. The third-order valence-corrected chi connectivity index (χ3v) is 4.03. The summed E-state index contributed by atoms with van der Waals surface area (Å²) in [5, 5.41) is 0. The van der Waals surface area contributed by atoms with E-state index in [0.717, 1.165) is 5.56 Å². The van der Waals surface area contributed by atoms with Gasteiger partial charge in [0.2, 0.25) is 10.0 Å². The standard InChI is InChI=1S/C12H18N2O3S/c1-5-13-18(16,17)10-7-6-9(2)11(8-10)12(15)14(3)4/h6-8,13H,5H2,1-4H3. The van der Waals surface area contributed by atoms with Crippen LogP contribution in [-0.2, 0) is 10.0 Å². The molecule has 1 aromatic carbocycles. The predicted molar refractivity (Wildman–Crippen MR) is 70.1 cm³/mol. The molecule has 1 amide bonds. The van der Waals surface area contributed by atoms with Crippen molar-refractivity contribution < 1.29 is 13.2 Å². The lowest BCUT2D eigenvalue weighted by Gasteiger charge is -2.14. The quantitative estimate of drug-likeness (QED) is 0.887. The van der Waals surface area contributed by atoms with Crippen LogP contribution in [0.15, 0.2) is 23.1 Å². The van der Waals surface area contributed by atoms with E-state index in [2.05, 4.69) is 4.72 Å². The van der Waals surface area contributed by atoms with E-state index in [1.807, 2.05) is 0 Å². The van der Waals surface area contributed by atoms with Crippen LogP contribution in [0.5, 0.6) is 0 Å². The fraction of sp³-hybridized carbons (Fsp3) is 0.417. The molecule has 0 radical (unpaired) electrons. The summed E-state index contributed by atoms with van der Waals surface area (Å²) in [4.78, 5) is 13.4. The van der Waals surface area contributed by atoms with E-state index in [1.165, 1.54) is 17.0 Å². The molecule has 0 heterocycles. The van der Waals surface area contributed by atoms with Gasteiger partial charge in [0.15, 0.2) is 0 Å². The van der Waals surface area contributed by atoms with Crippen molar-refractivity contribution in [2.45, 2.75) is 18.7 Å². The van der Waals surface area contributed by atoms with Crippen molar-refractivity contribution in [1.82, 2.24) is 9.62 Å². The van der Waals surface area contributed by atoms with Gasteiger partial charge in [-0.15, -0.1) is 0 Å². The van der Waals surface area contributed by atoms with Crippen molar-refractivity contribution in [3.8, 4) is 0 Å². The van der Waals surface area contributed by atoms with Gasteiger partial charge in [-0.05, 0) is 24.6 Å². The Labute approximate surface area is 108 Å². The Morgan fingerprint density at radius 3 is 2.44 bits per heavy atom. The normalized spacial score (nSPS) is 11.3. The van der Waals surface area contributed by atoms with Crippen molar-refractivity contribution in [3.63, 3.8) is 0 Å². The van der Waals surface area contributed by atoms with Gasteiger partial charge in [-0.25, -0.2) is 13.1 Å². The monoisotopic (exact) mass is 270 g/mol. The lowest BCUT2D eigenvalue weighted by atomic mass is 10.1. The van der Waals surface area contributed by atoms with Crippen LogP contribution in [0.1, 0.15) is 22.8 Å². The van der Waals surface area contributed by atoms with Gasteiger partial charge >= 0.3 is 0 Å². The highest BCUT2D eigenvalue weighted by Crippen LogP contribution is 2.16. The summed E-state index contributed by atoms with van der Waals surface area (Å²) in [6, 6.07) is 4.55. The lowest BCUT2D eigenvalue weighted by Crippen LogP contribution is -2.25. The minimum atomic E-state index is -3.53. The summed E-state index contributed by atoms with van der Waals surface area (Å²) in [5.41, 5.74) is 1.16. The first-order valence-corrected chi connectivity index (χ1v) is 7.10. The van der Waals surface area contributed by atoms with Crippen LogP contribution in [0.4, 0.5) is 0 Å². The van der Waals surface area contributed by atoms with Crippen LogP contribution in [0.3, 0.4) is 0 Å². The predicted octanol–water partition coefficient (Wildman–Crippen LogP) is 0.995. The summed E-state index contributed by atoms with van der Waals surface area (Å²) in [6.45, 7) is 3.80. The van der Waals surface area contributed by atoms with E-state index in [1.54, 1.807) is 34.0 Å². The molecule has 0 aliphatic rings. The molecule has 0 aliphatic heterocycles. The van der Waals surface area contributed by atoms with Crippen molar-refractivity contribution in [3.05, 3.63) is 29.3 Å². The fourth-order valence-electron chi connectivity index (χ4n) is 1.51. The molecule has 0 saturated heterocycles. The van der Waals surface area contributed by atoms with Crippen molar-refractivity contribution in [2.75, 3.05) is 20.6 Å². The number of rotatable bonds is 4. The number of nitrogens with one attached hydrogen (secondary N) is 1. The fourth-order valence-corrected chi connectivity index (χ4v) is 2.58. The summed E-state index contributed by atoms with van der Waals surface area (Å²) in [7, 11) is -0.265. The molecule has 5 nitrogen and oxygen atoms in total. The van der Waals surface area contributed by atoms with Gasteiger partial charge in [0.25, 0.3) is 5.91 Å². The number of carbonyl (C=O) groups excluding carboxylic acids is 1. The third kappa shape index (κ3) is 3.08. The van der Waals surface area contributed by atoms with Crippen LogP contribution in [0, 0.1) is 6.92 Å². The van der Waals surface area contributed by atoms with E-state index >= 15 is 0 Å². The molecule has 0 aliphatic carbocycles. The number of nitrogens with zero attached hydrogens (tertiary/aromatic N) is 1. The van der Waals surface area contributed by atoms with E-state index in [-0.39, 0.29) is 10.8 Å². The van der Waals surface area contributed by atoms with Crippen LogP contribution in [0.2, 0.25) is 0 Å². The summed E-state index contributed by atoms with van der Waals surface area (Å²) >= 11 is 0. The molecule has 0 bridgehead atoms.